The molecule has 2 heterocycles. The molecule has 0 aromatic rings. The molecule has 0 aliphatic carbocycles. The highest BCUT2D eigenvalue weighted by atomic mass is 16.7. The average Bonchev–Trinajstić information content (AvgIpc) is 2.85. The van der Waals surface area contributed by atoms with E-state index in [0.29, 0.717) is 0 Å². The second-order valence-corrected chi connectivity index (χ2v) is 4.00. The number of hydrogen-bond acceptors (Lipinski definition) is 4. The number of likely N-dealkylation sites (N-methyl/N-ethyl adjacent to an activating group) is 1. The molecule has 2 fully saturated rings. The summed E-state index contributed by atoms with van der Waals surface area (Å²) in [5, 5.41) is 8.78. The lowest BCUT2D eigenvalue weighted by Gasteiger charge is -2.26. The number of carbonyl (C=O) groups is 1. The first-order valence-corrected chi connectivity index (χ1v) is 5.46. The summed E-state index contributed by atoms with van der Waals surface area (Å²) in [5.74, 6) is -0.932. The summed E-state index contributed by atoms with van der Waals surface area (Å²) in [6.07, 6.45) is 1.03. The van der Waals surface area contributed by atoms with Crippen molar-refractivity contribution in [2.45, 2.75) is 38.2 Å². The number of carboxylic acids is 1. The maximum absolute atomic E-state index is 10.7. The van der Waals surface area contributed by atoms with Crippen LogP contribution in [0.5, 0.6) is 0 Å². The number of nitrogens with zero attached hydrogens (tertiary/aromatic N) is 1. The molecule has 3 atom stereocenters. The largest absolute Gasteiger partial charge is 0.479 e. The van der Waals surface area contributed by atoms with Gasteiger partial charge in [0.15, 0.2) is 12.4 Å². The Morgan fingerprint density at radius 2 is 2.40 bits per heavy atom. The fourth-order valence-corrected chi connectivity index (χ4v) is 2.31. The quantitative estimate of drug-likeness (QED) is 0.733. The van der Waals surface area contributed by atoms with Crippen LogP contribution in [0.3, 0.4) is 0 Å². The maximum atomic E-state index is 10.7. The zero-order valence-corrected chi connectivity index (χ0v) is 8.89. The monoisotopic (exact) mass is 215 g/mol. The van der Waals surface area contributed by atoms with Gasteiger partial charge >= 0.3 is 5.97 Å². The SMILES string of the molecule is CCN1CCCC1C1OCC(C(=O)O)O1. The molecule has 5 nitrogen and oxygen atoms in total. The summed E-state index contributed by atoms with van der Waals surface area (Å²) in [5.41, 5.74) is 0. The van der Waals surface area contributed by atoms with Crippen LogP contribution in [-0.2, 0) is 14.3 Å². The summed E-state index contributed by atoms with van der Waals surface area (Å²) < 4.78 is 10.8. The molecule has 0 amide bonds. The van der Waals surface area contributed by atoms with E-state index in [1.807, 2.05) is 0 Å². The third kappa shape index (κ3) is 2.14. The Bertz CT molecular complexity index is 246. The third-order valence-electron chi connectivity index (χ3n) is 3.12. The average molecular weight is 215 g/mol. The fraction of sp³-hybridized carbons (Fsp3) is 0.900. The van der Waals surface area contributed by atoms with E-state index in [4.69, 9.17) is 14.6 Å². The first-order valence-electron chi connectivity index (χ1n) is 5.46. The van der Waals surface area contributed by atoms with Gasteiger partial charge in [0.1, 0.15) is 0 Å². The Kier molecular flexibility index (Phi) is 3.23. The lowest BCUT2D eigenvalue weighted by Crippen LogP contribution is -2.40. The van der Waals surface area contributed by atoms with E-state index < -0.39 is 12.1 Å². The third-order valence-corrected chi connectivity index (χ3v) is 3.12. The van der Waals surface area contributed by atoms with E-state index >= 15 is 0 Å². The Morgan fingerprint density at radius 1 is 1.60 bits per heavy atom. The number of likely N-dealkylation sites (tertiary alicyclic amines) is 1. The zero-order chi connectivity index (χ0) is 10.8. The second kappa shape index (κ2) is 4.47. The Morgan fingerprint density at radius 3 is 3.00 bits per heavy atom. The molecular weight excluding hydrogens is 198 g/mol. The van der Waals surface area contributed by atoms with E-state index in [-0.39, 0.29) is 18.9 Å². The molecule has 0 saturated carbocycles. The zero-order valence-electron chi connectivity index (χ0n) is 8.89. The Balaban J connectivity index is 1.92. The van der Waals surface area contributed by atoms with E-state index in [9.17, 15) is 4.79 Å². The maximum Gasteiger partial charge on any atom is 0.335 e. The summed E-state index contributed by atoms with van der Waals surface area (Å²) in [4.78, 5) is 13.0. The van der Waals surface area contributed by atoms with Crippen molar-refractivity contribution in [2.24, 2.45) is 0 Å². The van der Waals surface area contributed by atoms with Crippen LogP contribution in [0, 0.1) is 0 Å². The van der Waals surface area contributed by atoms with E-state index in [2.05, 4.69) is 11.8 Å². The molecule has 5 heteroatoms. The van der Waals surface area contributed by atoms with Gasteiger partial charge in [-0.05, 0) is 25.9 Å². The predicted molar refractivity (Wildman–Crippen MR) is 52.5 cm³/mol. The molecule has 2 rings (SSSR count). The van der Waals surface area contributed by atoms with Gasteiger partial charge in [-0.2, -0.15) is 0 Å². The van der Waals surface area contributed by atoms with Crippen LogP contribution in [0.1, 0.15) is 19.8 Å². The van der Waals surface area contributed by atoms with Crippen LogP contribution in [0.2, 0.25) is 0 Å². The van der Waals surface area contributed by atoms with Crippen LogP contribution in [0.25, 0.3) is 0 Å². The second-order valence-electron chi connectivity index (χ2n) is 4.00. The van der Waals surface area contributed by atoms with E-state index in [1.54, 1.807) is 0 Å². The van der Waals surface area contributed by atoms with Gasteiger partial charge in [-0.1, -0.05) is 6.92 Å². The number of aliphatic carboxylic acids is 1. The molecule has 86 valence electrons. The highest BCUT2D eigenvalue weighted by molar-refractivity contribution is 5.72. The van der Waals surface area contributed by atoms with Crippen molar-refractivity contribution in [3.8, 4) is 0 Å². The van der Waals surface area contributed by atoms with Gasteiger partial charge in [-0.15, -0.1) is 0 Å². The first kappa shape index (κ1) is 10.9. The van der Waals surface area contributed by atoms with E-state index in [1.165, 1.54) is 0 Å². The lowest BCUT2D eigenvalue weighted by molar-refractivity contribution is -0.154. The topological polar surface area (TPSA) is 59.0 Å². The van der Waals surface area contributed by atoms with Crippen LogP contribution < -0.4 is 0 Å². The van der Waals surface area contributed by atoms with Gasteiger partial charge in [0, 0.05) is 0 Å². The highest BCUT2D eigenvalue weighted by Gasteiger charge is 2.40. The van der Waals surface area contributed by atoms with Gasteiger partial charge < -0.3 is 14.6 Å². The Labute approximate surface area is 89.0 Å². The van der Waals surface area contributed by atoms with Crippen molar-refractivity contribution in [3.05, 3.63) is 0 Å². The van der Waals surface area contributed by atoms with Crippen molar-refractivity contribution < 1.29 is 19.4 Å². The van der Waals surface area contributed by atoms with Crippen molar-refractivity contribution in [3.63, 3.8) is 0 Å². The number of rotatable bonds is 3. The molecule has 0 aromatic carbocycles. The molecule has 2 aliphatic heterocycles. The van der Waals surface area contributed by atoms with Gasteiger partial charge in [0.05, 0.1) is 12.6 Å². The summed E-state index contributed by atoms with van der Waals surface area (Å²) in [6.45, 7) is 4.30. The molecule has 0 aromatic heterocycles. The van der Waals surface area contributed by atoms with Gasteiger partial charge in [0.2, 0.25) is 0 Å². The van der Waals surface area contributed by atoms with Crippen LogP contribution in [-0.4, -0.2) is 54.1 Å². The van der Waals surface area contributed by atoms with Crippen LogP contribution in [0.4, 0.5) is 0 Å². The molecule has 3 unspecified atom stereocenters. The van der Waals surface area contributed by atoms with Crippen LogP contribution >= 0.6 is 0 Å². The minimum absolute atomic E-state index is 0.175. The molecular formula is C10H17NO4. The summed E-state index contributed by atoms with van der Waals surface area (Å²) in [6, 6.07) is 0.236. The normalized spacial score (nSPS) is 37.3. The first-order chi connectivity index (χ1) is 7.22. The molecule has 0 bridgehead atoms. The highest BCUT2D eigenvalue weighted by Crippen LogP contribution is 2.26. The minimum Gasteiger partial charge on any atom is -0.479 e. The van der Waals surface area contributed by atoms with Gasteiger partial charge in [0.25, 0.3) is 0 Å². The van der Waals surface area contributed by atoms with Crippen molar-refractivity contribution >= 4 is 5.97 Å². The Hall–Kier alpha value is -0.650. The van der Waals surface area contributed by atoms with Crippen molar-refractivity contribution in [2.75, 3.05) is 19.7 Å². The van der Waals surface area contributed by atoms with Gasteiger partial charge in [-0.3, -0.25) is 4.90 Å². The molecule has 1 N–H and O–H groups in total. The number of ether oxygens (including phenoxy) is 2. The fourth-order valence-electron chi connectivity index (χ4n) is 2.31. The molecule has 0 spiro atoms. The standard InChI is InChI=1S/C10H17NO4/c1-2-11-5-3-4-7(11)10-14-6-8(15-10)9(12)13/h7-8,10H,2-6H2,1H3,(H,12,13). The van der Waals surface area contributed by atoms with Crippen LogP contribution in [0.15, 0.2) is 0 Å². The smallest absolute Gasteiger partial charge is 0.335 e. The number of hydrogen-bond donors (Lipinski definition) is 1. The lowest BCUT2D eigenvalue weighted by atomic mass is 10.2. The van der Waals surface area contributed by atoms with Gasteiger partial charge in [-0.25, -0.2) is 4.79 Å². The predicted octanol–water partition coefficient (Wildman–Crippen LogP) is 0.297. The summed E-state index contributed by atoms with van der Waals surface area (Å²) in [7, 11) is 0. The van der Waals surface area contributed by atoms with Crippen molar-refractivity contribution in [1.29, 1.82) is 0 Å². The number of carboxylic acid groups (broad SMARTS) is 1. The molecule has 0 radical (unpaired) electrons. The molecule has 15 heavy (non-hydrogen) atoms. The minimum atomic E-state index is -0.932. The van der Waals surface area contributed by atoms with Crippen molar-refractivity contribution in [1.82, 2.24) is 4.90 Å². The molecule has 2 aliphatic rings. The van der Waals surface area contributed by atoms with E-state index in [0.717, 1.165) is 25.9 Å². The molecule has 2 saturated heterocycles. The summed E-state index contributed by atoms with van der Waals surface area (Å²) >= 11 is 0.